The second-order valence-electron chi connectivity index (χ2n) is 5.47. The Morgan fingerprint density at radius 2 is 1.92 bits per heavy atom. The summed E-state index contributed by atoms with van der Waals surface area (Å²) in [6.45, 7) is 3.16. The van der Waals surface area contributed by atoms with Gasteiger partial charge in [-0.2, -0.15) is 0 Å². The van der Waals surface area contributed by atoms with Crippen LogP contribution in [0.4, 0.5) is 5.82 Å². The average molecular weight is 355 g/mol. The summed E-state index contributed by atoms with van der Waals surface area (Å²) in [6.07, 6.45) is 0. The average Bonchev–Trinajstić information content (AvgIpc) is 2.54. The van der Waals surface area contributed by atoms with Crippen molar-refractivity contribution in [2.75, 3.05) is 12.4 Å². The van der Waals surface area contributed by atoms with Crippen LogP contribution in [0, 0.1) is 6.92 Å². The minimum Gasteiger partial charge on any atom is -0.424 e. The summed E-state index contributed by atoms with van der Waals surface area (Å²) in [6, 6.07) is 12.8. The maximum atomic E-state index is 12.8. The van der Waals surface area contributed by atoms with Crippen molar-refractivity contribution in [3.63, 3.8) is 0 Å². The largest absolute Gasteiger partial charge is 0.424 e. The molecule has 0 saturated carbocycles. The highest BCUT2D eigenvalue weighted by Gasteiger charge is 2.30. The second-order valence-corrected chi connectivity index (χ2v) is 6.64. The highest BCUT2D eigenvalue weighted by Crippen LogP contribution is 2.40. The molecule has 25 heavy (non-hydrogen) atoms. The van der Waals surface area contributed by atoms with Gasteiger partial charge in [-0.05, 0) is 43.1 Å². The molecular formula is C18H17N3O3S. The van der Waals surface area contributed by atoms with E-state index < -0.39 is 5.97 Å². The maximum absolute atomic E-state index is 12.8. The summed E-state index contributed by atoms with van der Waals surface area (Å²) in [5.41, 5.74) is 1.77. The summed E-state index contributed by atoms with van der Waals surface area (Å²) in [5, 5.41) is 2.76. The predicted octanol–water partition coefficient (Wildman–Crippen LogP) is 3.21. The third kappa shape index (κ3) is 3.66. The van der Waals surface area contributed by atoms with Crippen molar-refractivity contribution in [2.45, 2.75) is 18.7 Å². The summed E-state index contributed by atoms with van der Waals surface area (Å²) in [4.78, 5) is 29.6. The number of ether oxygens (including phenoxy) is 1. The standard InChI is InChI=1S/C18H17N3O3S/c1-11-7-6-10-15(19-11)20-18(23)16-17(24-12(2)22)13-8-4-5-9-14(13)25-21(16)3/h4-10H,1-3H3,(H,19,20,23). The summed E-state index contributed by atoms with van der Waals surface area (Å²) >= 11 is 1.40. The van der Waals surface area contributed by atoms with Crippen LogP contribution >= 0.6 is 11.9 Å². The van der Waals surface area contributed by atoms with Gasteiger partial charge in [-0.3, -0.25) is 9.59 Å². The smallest absolute Gasteiger partial charge is 0.308 e. The van der Waals surface area contributed by atoms with Gasteiger partial charge in [0.2, 0.25) is 0 Å². The van der Waals surface area contributed by atoms with Gasteiger partial charge in [0.25, 0.3) is 5.91 Å². The number of hydrogen-bond donors (Lipinski definition) is 1. The van der Waals surface area contributed by atoms with Crippen molar-refractivity contribution in [3.05, 3.63) is 59.4 Å². The van der Waals surface area contributed by atoms with E-state index in [1.54, 1.807) is 17.4 Å². The van der Waals surface area contributed by atoms with Crippen LogP contribution < -0.4 is 5.32 Å². The van der Waals surface area contributed by atoms with Gasteiger partial charge in [-0.15, -0.1) is 0 Å². The molecule has 6 nitrogen and oxygen atoms in total. The number of rotatable bonds is 3. The van der Waals surface area contributed by atoms with E-state index in [4.69, 9.17) is 4.74 Å². The Labute approximate surface area is 150 Å². The van der Waals surface area contributed by atoms with Gasteiger partial charge >= 0.3 is 5.97 Å². The number of aryl methyl sites for hydroxylation is 1. The Balaban J connectivity index is 2.03. The first-order chi connectivity index (χ1) is 12.0. The molecule has 1 aromatic heterocycles. The van der Waals surface area contributed by atoms with Crippen LogP contribution in [0.2, 0.25) is 0 Å². The van der Waals surface area contributed by atoms with Crippen LogP contribution in [0.25, 0.3) is 5.76 Å². The lowest BCUT2D eigenvalue weighted by Crippen LogP contribution is -2.28. The van der Waals surface area contributed by atoms with E-state index in [0.29, 0.717) is 11.4 Å². The number of likely N-dealkylation sites (N-methyl/N-ethyl adjacent to an activating group) is 1. The second kappa shape index (κ2) is 6.98. The van der Waals surface area contributed by atoms with Crippen molar-refractivity contribution < 1.29 is 14.3 Å². The van der Waals surface area contributed by atoms with Gasteiger partial charge in [0.05, 0.1) is 0 Å². The number of nitrogens with zero attached hydrogens (tertiary/aromatic N) is 2. The molecule has 0 radical (unpaired) electrons. The molecule has 2 heterocycles. The number of esters is 1. The third-order valence-corrected chi connectivity index (χ3v) is 4.50. The molecular weight excluding hydrogens is 338 g/mol. The number of pyridine rings is 1. The Morgan fingerprint density at radius 3 is 2.64 bits per heavy atom. The molecule has 0 bridgehead atoms. The van der Waals surface area contributed by atoms with Gasteiger partial charge in [-0.1, -0.05) is 18.2 Å². The maximum Gasteiger partial charge on any atom is 0.308 e. The minimum absolute atomic E-state index is 0.245. The van der Waals surface area contributed by atoms with Crippen molar-refractivity contribution in [3.8, 4) is 0 Å². The summed E-state index contributed by atoms with van der Waals surface area (Å²) in [5.74, 6) is -0.186. The molecule has 1 amide bonds. The molecule has 0 unspecified atom stereocenters. The molecule has 2 aromatic rings. The topological polar surface area (TPSA) is 71.5 Å². The zero-order valence-electron chi connectivity index (χ0n) is 14.1. The predicted molar refractivity (Wildman–Crippen MR) is 96.4 cm³/mol. The quantitative estimate of drug-likeness (QED) is 0.673. The molecule has 1 aromatic carbocycles. The van der Waals surface area contributed by atoms with Crippen LogP contribution in [-0.2, 0) is 14.3 Å². The Kier molecular flexibility index (Phi) is 4.76. The van der Waals surface area contributed by atoms with E-state index in [1.165, 1.54) is 18.9 Å². The molecule has 0 saturated heterocycles. The fourth-order valence-electron chi connectivity index (χ4n) is 2.48. The zero-order chi connectivity index (χ0) is 18.0. The zero-order valence-corrected chi connectivity index (χ0v) is 14.9. The van der Waals surface area contributed by atoms with Gasteiger partial charge < -0.3 is 14.4 Å². The lowest BCUT2D eigenvalue weighted by molar-refractivity contribution is -0.134. The van der Waals surface area contributed by atoms with Gasteiger partial charge in [0.15, 0.2) is 11.5 Å². The first-order valence-electron chi connectivity index (χ1n) is 7.64. The highest BCUT2D eigenvalue weighted by atomic mass is 32.2. The van der Waals surface area contributed by atoms with Crippen molar-refractivity contribution in [1.29, 1.82) is 0 Å². The highest BCUT2D eigenvalue weighted by molar-refractivity contribution is 7.97. The van der Waals surface area contributed by atoms with Crippen molar-refractivity contribution in [2.24, 2.45) is 0 Å². The molecule has 0 aliphatic carbocycles. The number of benzene rings is 1. The number of fused-ring (bicyclic) bond motifs is 1. The van der Waals surface area contributed by atoms with Crippen molar-refractivity contribution >= 4 is 35.4 Å². The number of carbonyl (C=O) groups excluding carboxylic acids is 2. The number of anilines is 1. The van der Waals surface area contributed by atoms with Gasteiger partial charge in [0, 0.05) is 30.1 Å². The first kappa shape index (κ1) is 17.0. The molecule has 1 aliphatic rings. The Bertz CT molecular complexity index is 879. The van der Waals surface area contributed by atoms with Crippen LogP contribution in [-0.4, -0.2) is 28.2 Å². The number of aromatic nitrogens is 1. The summed E-state index contributed by atoms with van der Waals surface area (Å²) in [7, 11) is 1.75. The SMILES string of the molecule is CC(=O)OC1=C(C(=O)Nc2cccc(C)n2)N(C)Sc2ccccc21. The molecule has 3 rings (SSSR count). The lowest BCUT2D eigenvalue weighted by atomic mass is 10.1. The number of amides is 1. The summed E-state index contributed by atoms with van der Waals surface area (Å²) < 4.78 is 7.07. The van der Waals surface area contributed by atoms with E-state index in [9.17, 15) is 9.59 Å². The van der Waals surface area contributed by atoms with E-state index in [2.05, 4.69) is 10.3 Å². The van der Waals surface area contributed by atoms with Crippen LogP contribution in [0.5, 0.6) is 0 Å². The van der Waals surface area contributed by atoms with Crippen LogP contribution in [0.1, 0.15) is 18.2 Å². The minimum atomic E-state index is -0.482. The first-order valence-corrected chi connectivity index (χ1v) is 8.42. The molecule has 0 fully saturated rings. The molecule has 1 aliphatic heterocycles. The number of nitrogens with one attached hydrogen (secondary N) is 1. The van der Waals surface area contributed by atoms with E-state index in [-0.39, 0.29) is 17.4 Å². The fraction of sp³-hybridized carbons (Fsp3) is 0.167. The third-order valence-electron chi connectivity index (χ3n) is 3.49. The van der Waals surface area contributed by atoms with Gasteiger partial charge in [-0.25, -0.2) is 4.98 Å². The Hall–Kier alpha value is -2.80. The van der Waals surface area contributed by atoms with Crippen LogP contribution in [0.15, 0.2) is 53.1 Å². The van der Waals surface area contributed by atoms with Crippen molar-refractivity contribution in [1.82, 2.24) is 9.29 Å². The molecule has 0 spiro atoms. The molecule has 0 atom stereocenters. The number of hydrogen-bond acceptors (Lipinski definition) is 6. The fourth-order valence-corrected chi connectivity index (χ4v) is 3.43. The number of carbonyl (C=O) groups is 2. The monoisotopic (exact) mass is 355 g/mol. The normalized spacial score (nSPS) is 13.3. The van der Waals surface area contributed by atoms with Crippen LogP contribution in [0.3, 0.4) is 0 Å². The molecule has 7 heteroatoms. The lowest BCUT2D eigenvalue weighted by Gasteiger charge is -2.29. The van der Waals surface area contributed by atoms with E-state index in [1.807, 2.05) is 43.3 Å². The van der Waals surface area contributed by atoms with E-state index in [0.717, 1.165) is 10.6 Å². The Morgan fingerprint density at radius 1 is 1.16 bits per heavy atom. The van der Waals surface area contributed by atoms with Gasteiger partial charge in [0.1, 0.15) is 5.82 Å². The molecule has 128 valence electrons. The van der Waals surface area contributed by atoms with E-state index >= 15 is 0 Å². The molecule has 1 N–H and O–H groups in total.